The van der Waals surface area contributed by atoms with Crippen molar-refractivity contribution < 1.29 is 4.79 Å². The summed E-state index contributed by atoms with van der Waals surface area (Å²) < 4.78 is 0. The highest BCUT2D eigenvalue weighted by Crippen LogP contribution is 2.40. The first-order chi connectivity index (χ1) is 15.3. The summed E-state index contributed by atoms with van der Waals surface area (Å²) in [5.41, 5.74) is 7.33. The number of rotatable bonds is 6. The number of thiocarbonyl (C=S) groups is 1. The summed E-state index contributed by atoms with van der Waals surface area (Å²) >= 11 is 5.71. The van der Waals surface area contributed by atoms with Crippen LogP contribution in [-0.4, -0.2) is 32.4 Å². The van der Waals surface area contributed by atoms with Crippen LogP contribution >= 0.6 is 12.2 Å². The molecule has 7 heteroatoms. The van der Waals surface area contributed by atoms with Crippen molar-refractivity contribution in [3.63, 3.8) is 0 Å². The minimum absolute atomic E-state index is 0.0245. The van der Waals surface area contributed by atoms with E-state index in [9.17, 15) is 4.79 Å². The molecule has 1 aliphatic heterocycles. The van der Waals surface area contributed by atoms with Gasteiger partial charge in [-0.2, -0.15) is 0 Å². The monoisotopic (exact) mass is 447 g/mol. The number of hydrogen-bond acceptors (Lipinski definition) is 3. The number of pyridine rings is 1. The lowest BCUT2D eigenvalue weighted by Crippen LogP contribution is -2.32. The number of benzene rings is 1. The van der Waals surface area contributed by atoms with Crippen LogP contribution in [0.5, 0.6) is 0 Å². The van der Waals surface area contributed by atoms with Gasteiger partial charge in [0, 0.05) is 36.2 Å². The topological polar surface area (TPSA) is 73.1 Å². The smallest absolute Gasteiger partial charge is 0.226 e. The Morgan fingerprint density at radius 3 is 2.66 bits per heavy atom. The Labute approximate surface area is 194 Å². The minimum Gasteiger partial charge on any atom is -0.362 e. The second-order valence-corrected chi connectivity index (χ2v) is 8.86. The maximum absolute atomic E-state index is 12.8. The molecule has 3 N–H and O–H groups in total. The van der Waals surface area contributed by atoms with Crippen molar-refractivity contribution >= 4 is 28.9 Å². The molecule has 3 aromatic rings. The van der Waals surface area contributed by atoms with Crippen molar-refractivity contribution in [3.05, 3.63) is 82.4 Å². The van der Waals surface area contributed by atoms with Crippen LogP contribution in [-0.2, 0) is 4.79 Å². The Bertz CT molecular complexity index is 1140. The Kier molecular flexibility index (Phi) is 6.28. The van der Waals surface area contributed by atoms with E-state index in [0.717, 1.165) is 33.9 Å². The number of anilines is 1. The van der Waals surface area contributed by atoms with Crippen molar-refractivity contribution in [1.29, 1.82) is 0 Å². The summed E-state index contributed by atoms with van der Waals surface area (Å²) in [7, 11) is 0. The molecule has 2 atom stereocenters. The van der Waals surface area contributed by atoms with Gasteiger partial charge >= 0.3 is 0 Å². The van der Waals surface area contributed by atoms with Gasteiger partial charge in [-0.05, 0) is 80.9 Å². The number of nitrogens with one attached hydrogen (secondary N) is 3. The number of aromatic amines is 1. The highest BCUT2D eigenvalue weighted by molar-refractivity contribution is 7.80. The Morgan fingerprint density at radius 1 is 1.16 bits per heavy atom. The summed E-state index contributed by atoms with van der Waals surface area (Å²) in [6.07, 6.45) is 2.13. The van der Waals surface area contributed by atoms with E-state index >= 15 is 0 Å². The zero-order chi connectivity index (χ0) is 22.8. The van der Waals surface area contributed by atoms with E-state index in [4.69, 9.17) is 12.2 Å². The van der Waals surface area contributed by atoms with E-state index in [-0.39, 0.29) is 18.0 Å². The van der Waals surface area contributed by atoms with Crippen molar-refractivity contribution in [2.45, 2.75) is 46.2 Å². The summed E-state index contributed by atoms with van der Waals surface area (Å²) in [6.45, 7) is 8.66. The number of carbonyl (C=O) groups excluding carboxylic acids is 1. The van der Waals surface area contributed by atoms with Gasteiger partial charge in [0.2, 0.25) is 5.91 Å². The van der Waals surface area contributed by atoms with Crippen LogP contribution in [0, 0.1) is 27.7 Å². The Balaban J connectivity index is 1.56. The van der Waals surface area contributed by atoms with Crippen LogP contribution in [0.3, 0.4) is 0 Å². The molecule has 1 aliphatic rings. The van der Waals surface area contributed by atoms with Crippen molar-refractivity contribution in [3.8, 4) is 0 Å². The molecule has 4 rings (SSSR count). The molecular weight excluding hydrogens is 418 g/mol. The summed E-state index contributed by atoms with van der Waals surface area (Å²) in [5.74, 6) is -0.0245. The second kappa shape index (κ2) is 9.12. The van der Waals surface area contributed by atoms with Crippen LogP contribution in [0.2, 0.25) is 0 Å². The molecule has 0 radical (unpaired) electrons. The van der Waals surface area contributed by atoms with Crippen molar-refractivity contribution in [1.82, 2.24) is 20.2 Å². The van der Waals surface area contributed by atoms with Crippen LogP contribution in [0.1, 0.15) is 52.3 Å². The molecule has 166 valence electrons. The number of carbonyl (C=O) groups is 1. The molecule has 0 aliphatic carbocycles. The van der Waals surface area contributed by atoms with E-state index in [2.05, 4.69) is 45.4 Å². The van der Waals surface area contributed by atoms with E-state index in [0.29, 0.717) is 18.1 Å². The summed E-state index contributed by atoms with van der Waals surface area (Å²) in [6, 6.07) is 14.0. The highest BCUT2D eigenvalue weighted by Gasteiger charge is 2.40. The van der Waals surface area contributed by atoms with Gasteiger partial charge in [-0.1, -0.05) is 18.2 Å². The SMILES string of the molecule is Cc1ccc(C)c(NC(=O)CCN2C(=S)N[C@H](c3ccccn3)[C@H]2c2cc(C)[nH]c2C)c1. The third-order valence-corrected chi connectivity index (χ3v) is 6.31. The van der Waals surface area contributed by atoms with E-state index in [1.165, 1.54) is 5.56 Å². The molecular formula is C25H29N5OS. The summed E-state index contributed by atoms with van der Waals surface area (Å²) in [5, 5.41) is 7.14. The molecule has 1 aromatic carbocycles. The zero-order valence-corrected chi connectivity index (χ0v) is 19.7. The van der Waals surface area contributed by atoms with Gasteiger partial charge in [-0.25, -0.2) is 0 Å². The van der Waals surface area contributed by atoms with E-state index in [1.807, 2.05) is 50.2 Å². The first-order valence-corrected chi connectivity index (χ1v) is 11.3. The quantitative estimate of drug-likeness (QED) is 0.480. The molecule has 0 bridgehead atoms. The number of H-pyrrole nitrogens is 1. The average Bonchev–Trinajstić information content (AvgIpc) is 3.27. The van der Waals surface area contributed by atoms with Gasteiger partial charge in [0.25, 0.3) is 0 Å². The molecule has 1 saturated heterocycles. The number of aryl methyl sites for hydroxylation is 4. The molecule has 6 nitrogen and oxygen atoms in total. The van der Waals surface area contributed by atoms with Gasteiger partial charge < -0.3 is 20.5 Å². The maximum Gasteiger partial charge on any atom is 0.226 e. The third kappa shape index (κ3) is 4.53. The Hall–Kier alpha value is -3.19. The second-order valence-electron chi connectivity index (χ2n) is 8.47. The van der Waals surface area contributed by atoms with Gasteiger partial charge in [-0.15, -0.1) is 0 Å². The standard InChI is InChI=1S/C25H29N5OS/c1-15-8-9-16(2)21(13-15)28-22(31)10-12-30-24(19-14-17(3)27-18(19)4)23(29-25(30)32)20-7-5-6-11-26-20/h5-9,11,13-14,23-24,27H,10,12H2,1-4H3,(H,28,31)(H,29,32)/t23-,24-/m1/s1. The number of aromatic nitrogens is 2. The van der Waals surface area contributed by atoms with Crippen LogP contribution in [0.4, 0.5) is 5.69 Å². The largest absolute Gasteiger partial charge is 0.362 e. The van der Waals surface area contributed by atoms with Gasteiger partial charge in [-0.3, -0.25) is 9.78 Å². The number of nitrogens with zero attached hydrogens (tertiary/aromatic N) is 2. The fourth-order valence-electron chi connectivity index (χ4n) is 4.34. The molecule has 32 heavy (non-hydrogen) atoms. The molecule has 1 fully saturated rings. The molecule has 0 saturated carbocycles. The third-order valence-electron chi connectivity index (χ3n) is 5.95. The lowest BCUT2D eigenvalue weighted by Gasteiger charge is -2.27. The van der Waals surface area contributed by atoms with Gasteiger partial charge in [0.15, 0.2) is 5.11 Å². The fourth-order valence-corrected chi connectivity index (χ4v) is 4.67. The predicted molar refractivity (Wildman–Crippen MR) is 132 cm³/mol. The fraction of sp³-hybridized carbons (Fsp3) is 0.320. The van der Waals surface area contributed by atoms with Crippen molar-refractivity contribution in [2.75, 3.05) is 11.9 Å². The molecule has 0 unspecified atom stereocenters. The average molecular weight is 448 g/mol. The lowest BCUT2D eigenvalue weighted by atomic mass is 9.96. The normalized spacial score (nSPS) is 18.0. The number of hydrogen-bond donors (Lipinski definition) is 3. The minimum atomic E-state index is -0.0836. The molecule has 3 heterocycles. The number of amides is 1. The van der Waals surface area contributed by atoms with E-state index < -0.39 is 0 Å². The van der Waals surface area contributed by atoms with Crippen LogP contribution in [0.15, 0.2) is 48.7 Å². The predicted octanol–water partition coefficient (Wildman–Crippen LogP) is 4.64. The maximum atomic E-state index is 12.8. The zero-order valence-electron chi connectivity index (χ0n) is 18.9. The summed E-state index contributed by atoms with van der Waals surface area (Å²) in [4.78, 5) is 22.9. The first-order valence-electron chi connectivity index (χ1n) is 10.8. The van der Waals surface area contributed by atoms with E-state index in [1.54, 1.807) is 6.20 Å². The van der Waals surface area contributed by atoms with Gasteiger partial charge in [0.05, 0.1) is 17.8 Å². The van der Waals surface area contributed by atoms with Gasteiger partial charge in [0.1, 0.15) is 0 Å². The Morgan fingerprint density at radius 2 is 1.97 bits per heavy atom. The lowest BCUT2D eigenvalue weighted by molar-refractivity contribution is -0.116. The van der Waals surface area contributed by atoms with Crippen LogP contribution in [0.25, 0.3) is 0 Å². The molecule has 1 amide bonds. The highest BCUT2D eigenvalue weighted by atomic mass is 32.1. The first kappa shape index (κ1) is 22.0. The molecule has 2 aromatic heterocycles. The molecule has 0 spiro atoms. The van der Waals surface area contributed by atoms with Crippen molar-refractivity contribution in [2.24, 2.45) is 0 Å². The van der Waals surface area contributed by atoms with Crippen LogP contribution < -0.4 is 10.6 Å².